The Labute approximate surface area is 453 Å². The van der Waals surface area contributed by atoms with Gasteiger partial charge in [-0.05, 0) is 25.3 Å². The Kier molecular flexibility index (Phi) is 42.1. The second-order valence-corrected chi connectivity index (χ2v) is 22.5. The molecule has 1 amide bonds. The van der Waals surface area contributed by atoms with Crippen molar-refractivity contribution in [2.24, 2.45) is 0 Å². The maximum atomic E-state index is 14.0. The van der Waals surface area contributed by atoms with Crippen molar-refractivity contribution < 1.29 is 29.0 Å². The Balaban J connectivity index is 1.83. The van der Waals surface area contributed by atoms with Gasteiger partial charge in [-0.3, -0.25) is 19.0 Å². The zero-order chi connectivity index (χ0) is 53.6. The largest absolute Gasteiger partial charge is 0.463 e. The van der Waals surface area contributed by atoms with E-state index in [1.165, 1.54) is 242 Å². The molecule has 428 valence electrons. The number of aliphatic hydroxyl groups is 1. The summed E-state index contributed by atoms with van der Waals surface area (Å²) >= 11 is 0. The zero-order valence-electron chi connectivity index (χ0n) is 48.5. The molecular formula is C64H115N3O7. The summed E-state index contributed by atoms with van der Waals surface area (Å²) in [4.78, 5) is 57.4. The quantitative estimate of drug-likeness (QED) is 0.0374. The van der Waals surface area contributed by atoms with Crippen LogP contribution in [-0.4, -0.2) is 50.6 Å². The van der Waals surface area contributed by atoms with E-state index < -0.39 is 35.4 Å². The summed E-state index contributed by atoms with van der Waals surface area (Å²) in [6.45, 7) is 10.6. The van der Waals surface area contributed by atoms with Crippen molar-refractivity contribution in [3.05, 3.63) is 34.9 Å². The topological polar surface area (TPSA) is 137 Å². The SMILES string of the molecule is C=C1[C@H](n2ccc(NC(=O)CCCCCCCCCCCCCCCCC)nc2=O)O[C@H](COC(=O)CCCCCCCCCCCCCCCCC)[C@]1(O)C(=O)CCCCCCCCCCCCCCCCC. The molecule has 2 rings (SSSR count). The van der Waals surface area contributed by atoms with Gasteiger partial charge in [0.2, 0.25) is 5.91 Å². The van der Waals surface area contributed by atoms with Crippen LogP contribution in [0.2, 0.25) is 0 Å². The first-order chi connectivity index (χ1) is 36.2. The molecule has 1 aliphatic rings. The number of hydrogen-bond acceptors (Lipinski definition) is 8. The third-order valence-electron chi connectivity index (χ3n) is 15.7. The van der Waals surface area contributed by atoms with Gasteiger partial charge in [0.15, 0.2) is 17.6 Å². The van der Waals surface area contributed by atoms with Gasteiger partial charge in [-0.15, -0.1) is 0 Å². The molecule has 10 heteroatoms. The van der Waals surface area contributed by atoms with E-state index in [0.717, 1.165) is 51.4 Å². The van der Waals surface area contributed by atoms with Gasteiger partial charge in [0.1, 0.15) is 18.5 Å². The second-order valence-electron chi connectivity index (χ2n) is 22.5. The molecule has 10 nitrogen and oxygen atoms in total. The van der Waals surface area contributed by atoms with Crippen molar-refractivity contribution >= 4 is 23.5 Å². The number of nitrogens with zero attached hydrogens (tertiary/aromatic N) is 2. The van der Waals surface area contributed by atoms with Crippen molar-refractivity contribution in [3.63, 3.8) is 0 Å². The summed E-state index contributed by atoms with van der Waals surface area (Å²) < 4.78 is 13.1. The van der Waals surface area contributed by atoms with Gasteiger partial charge in [0.05, 0.1) is 0 Å². The number of anilines is 1. The number of carbonyl (C=O) groups is 3. The molecular weight excluding hydrogens is 923 g/mol. The van der Waals surface area contributed by atoms with Crippen molar-refractivity contribution in [1.29, 1.82) is 0 Å². The highest BCUT2D eigenvalue weighted by Gasteiger charge is 2.56. The number of esters is 1. The molecule has 1 aromatic rings. The number of Topliss-reactive ketones (excluding diaryl/α,β-unsaturated/α-hetero) is 1. The van der Waals surface area contributed by atoms with Crippen LogP contribution in [0.15, 0.2) is 29.2 Å². The number of amides is 1. The first-order valence-electron chi connectivity index (χ1n) is 31.8. The average molecular weight is 1040 g/mol. The molecule has 2 N–H and O–H groups in total. The number of nitrogens with one attached hydrogen (secondary N) is 1. The van der Waals surface area contributed by atoms with Gasteiger partial charge in [-0.1, -0.05) is 297 Å². The molecule has 3 atom stereocenters. The van der Waals surface area contributed by atoms with Crippen molar-refractivity contribution in [2.45, 2.75) is 347 Å². The van der Waals surface area contributed by atoms with Crippen molar-refractivity contribution in [2.75, 3.05) is 11.9 Å². The van der Waals surface area contributed by atoms with E-state index in [0.29, 0.717) is 19.3 Å². The highest BCUT2D eigenvalue weighted by molar-refractivity contribution is 5.92. The maximum Gasteiger partial charge on any atom is 0.351 e. The van der Waals surface area contributed by atoms with Gasteiger partial charge in [-0.2, -0.15) is 4.98 Å². The van der Waals surface area contributed by atoms with Crippen molar-refractivity contribution in [3.8, 4) is 0 Å². The highest BCUT2D eigenvalue weighted by Crippen LogP contribution is 2.42. The van der Waals surface area contributed by atoms with E-state index in [4.69, 9.17) is 9.47 Å². The van der Waals surface area contributed by atoms with Crippen molar-refractivity contribution in [1.82, 2.24) is 9.55 Å². The van der Waals surface area contributed by atoms with E-state index in [1.807, 2.05) is 0 Å². The van der Waals surface area contributed by atoms with Crippen LogP contribution in [0.4, 0.5) is 5.82 Å². The van der Waals surface area contributed by atoms with Crippen LogP contribution in [0.5, 0.6) is 0 Å². The fraction of sp³-hybridized carbons (Fsp3) is 0.859. The molecule has 1 fully saturated rings. The molecule has 1 aromatic heterocycles. The Morgan fingerprint density at radius 3 is 1.22 bits per heavy atom. The van der Waals surface area contributed by atoms with Gasteiger partial charge in [-0.25, -0.2) is 4.79 Å². The number of aromatic nitrogens is 2. The molecule has 0 spiro atoms. The molecule has 0 bridgehead atoms. The summed E-state index contributed by atoms with van der Waals surface area (Å²) in [5.41, 5.74) is -2.86. The Hall–Kier alpha value is -2.85. The molecule has 0 radical (unpaired) electrons. The van der Waals surface area contributed by atoms with E-state index in [2.05, 4.69) is 37.7 Å². The zero-order valence-corrected chi connectivity index (χ0v) is 48.5. The smallest absolute Gasteiger partial charge is 0.351 e. The summed E-state index contributed by atoms with van der Waals surface area (Å²) in [5, 5.41) is 15.0. The molecule has 0 saturated carbocycles. The lowest BCUT2D eigenvalue weighted by atomic mass is 9.84. The van der Waals surface area contributed by atoms with Gasteiger partial charge < -0.3 is 19.9 Å². The lowest BCUT2D eigenvalue weighted by Crippen LogP contribution is -2.49. The predicted molar refractivity (Wildman–Crippen MR) is 310 cm³/mol. The number of ether oxygens (including phenoxy) is 2. The number of carbonyl (C=O) groups excluding carboxylic acids is 3. The first-order valence-corrected chi connectivity index (χ1v) is 31.8. The van der Waals surface area contributed by atoms with Crippen LogP contribution in [0.25, 0.3) is 0 Å². The predicted octanol–water partition coefficient (Wildman–Crippen LogP) is 18.3. The number of hydrogen-bond donors (Lipinski definition) is 2. The molecule has 2 heterocycles. The molecule has 1 saturated heterocycles. The number of unbranched alkanes of at least 4 members (excludes halogenated alkanes) is 42. The third kappa shape index (κ3) is 32.0. The standard InChI is InChI=1S/C64H115N3O7/c1-5-8-11-14-17-20-23-26-29-32-35-38-41-44-47-50-57(68)64(72)56(4)62(74-58(64)55-73-61(70)52-49-46-43-40-37-34-31-28-25-22-19-16-13-10-7-3)67-54-53-59(66-63(67)71)65-60(69)51-48-45-42-39-36-33-30-27-24-21-18-15-12-9-6-2/h53-54,58,62,72H,4-52,55H2,1-3H3,(H,65,66,69,71)/t58-,62-,64-/m1/s1. The van der Waals surface area contributed by atoms with Crippen LogP contribution < -0.4 is 11.0 Å². The van der Waals surface area contributed by atoms with Crippen LogP contribution >= 0.6 is 0 Å². The van der Waals surface area contributed by atoms with Crippen LogP contribution in [0.3, 0.4) is 0 Å². The lowest BCUT2D eigenvalue weighted by Gasteiger charge is -2.27. The summed E-state index contributed by atoms with van der Waals surface area (Å²) in [6.07, 6.45) is 55.2. The maximum absolute atomic E-state index is 14.0. The van der Waals surface area contributed by atoms with Gasteiger partial charge in [0, 0.05) is 31.0 Å². The Morgan fingerprint density at radius 1 is 0.541 bits per heavy atom. The summed E-state index contributed by atoms with van der Waals surface area (Å²) in [7, 11) is 0. The van der Waals surface area contributed by atoms with Gasteiger partial charge >= 0.3 is 11.7 Å². The fourth-order valence-electron chi connectivity index (χ4n) is 10.7. The van der Waals surface area contributed by atoms with E-state index in [9.17, 15) is 24.3 Å². The van der Waals surface area contributed by atoms with Crippen LogP contribution in [-0.2, 0) is 23.9 Å². The minimum Gasteiger partial charge on any atom is -0.463 e. The molecule has 0 aromatic carbocycles. The fourth-order valence-corrected chi connectivity index (χ4v) is 10.7. The first kappa shape index (κ1) is 67.3. The normalized spacial score (nSPS) is 16.6. The molecule has 0 unspecified atom stereocenters. The molecule has 0 aliphatic carbocycles. The monoisotopic (exact) mass is 1040 g/mol. The number of ketones is 1. The third-order valence-corrected chi connectivity index (χ3v) is 15.7. The molecule has 1 aliphatic heterocycles. The Bertz CT molecular complexity index is 1610. The summed E-state index contributed by atoms with van der Waals surface area (Å²) in [6, 6.07) is 1.52. The van der Waals surface area contributed by atoms with E-state index in [1.54, 1.807) is 0 Å². The Morgan fingerprint density at radius 2 is 0.865 bits per heavy atom. The number of rotatable bonds is 53. The van der Waals surface area contributed by atoms with Crippen LogP contribution in [0.1, 0.15) is 335 Å². The van der Waals surface area contributed by atoms with E-state index >= 15 is 0 Å². The highest BCUT2D eigenvalue weighted by atomic mass is 16.6. The summed E-state index contributed by atoms with van der Waals surface area (Å²) in [5.74, 6) is -0.926. The average Bonchev–Trinajstić information content (AvgIpc) is 3.65. The molecule has 74 heavy (non-hydrogen) atoms. The lowest BCUT2D eigenvalue weighted by molar-refractivity contribution is -0.159. The second kappa shape index (κ2) is 46.3. The van der Waals surface area contributed by atoms with Crippen LogP contribution in [0, 0.1) is 0 Å². The minimum absolute atomic E-state index is 0.0146. The van der Waals surface area contributed by atoms with Gasteiger partial charge in [0.25, 0.3) is 0 Å². The van der Waals surface area contributed by atoms with E-state index in [-0.39, 0.29) is 36.7 Å². The minimum atomic E-state index is -2.16.